The van der Waals surface area contributed by atoms with E-state index in [-0.39, 0.29) is 5.56 Å². The standard InChI is InChI=1S/C14H9Br2F3/c1-7-5-9(12(18)6-11(7)17)13(16)8-3-2-4-10(15)14(8)19/h2-6,13H,1H3. The molecule has 0 heterocycles. The molecule has 0 bridgehead atoms. The highest BCUT2D eigenvalue weighted by Gasteiger charge is 2.20. The van der Waals surface area contributed by atoms with E-state index in [2.05, 4.69) is 31.9 Å². The van der Waals surface area contributed by atoms with Gasteiger partial charge in [-0.1, -0.05) is 28.1 Å². The molecule has 19 heavy (non-hydrogen) atoms. The summed E-state index contributed by atoms with van der Waals surface area (Å²) in [7, 11) is 0. The highest BCUT2D eigenvalue weighted by atomic mass is 79.9. The van der Waals surface area contributed by atoms with Crippen LogP contribution >= 0.6 is 31.9 Å². The van der Waals surface area contributed by atoms with E-state index in [4.69, 9.17) is 0 Å². The average Bonchev–Trinajstić information content (AvgIpc) is 2.36. The molecule has 0 saturated carbocycles. The van der Waals surface area contributed by atoms with Gasteiger partial charge in [-0.3, -0.25) is 0 Å². The van der Waals surface area contributed by atoms with Crippen molar-refractivity contribution in [3.8, 4) is 0 Å². The minimum atomic E-state index is -0.704. The zero-order chi connectivity index (χ0) is 14.2. The lowest BCUT2D eigenvalue weighted by Gasteiger charge is -2.14. The predicted octanol–water partition coefficient (Wildman–Crippen LogP) is 5.66. The maximum atomic E-state index is 14.0. The number of aryl methyl sites for hydroxylation is 1. The Balaban J connectivity index is 2.53. The minimum absolute atomic E-state index is 0.205. The lowest BCUT2D eigenvalue weighted by molar-refractivity contribution is 0.565. The van der Waals surface area contributed by atoms with Crippen LogP contribution in [-0.2, 0) is 0 Å². The van der Waals surface area contributed by atoms with E-state index in [0.717, 1.165) is 6.07 Å². The van der Waals surface area contributed by atoms with Crippen LogP contribution in [0.15, 0.2) is 34.8 Å². The van der Waals surface area contributed by atoms with Gasteiger partial charge in [0.25, 0.3) is 0 Å². The Morgan fingerprint density at radius 3 is 2.37 bits per heavy atom. The van der Waals surface area contributed by atoms with Crippen LogP contribution in [0.2, 0.25) is 0 Å². The number of benzene rings is 2. The Bertz CT molecular complexity index is 626. The normalized spacial score (nSPS) is 12.5. The van der Waals surface area contributed by atoms with Gasteiger partial charge in [0.2, 0.25) is 0 Å². The molecule has 0 N–H and O–H groups in total. The fraction of sp³-hybridized carbons (Fsp3) is 0.143. The van der Waals surface area contributed by atoms with Crippen LogP contribution in [0.3, 0.4) is 0 Å². The molecule has 0 aliphatic rings. The monoisotopic (exact) mass is 392 g/mol. The van der Waals surface area contributed by atoms with E-state index >= 15 is 0 Å². The molecule has 0 amide bonds. The summed E-state index contributed by atoms with van der Waals surface area (Å²) < 4.78 is 41.3. The highest BCUT2D eigenvalue weighted by molar-refractivity contribution is 9.10. The first-order chi connectivity index (χ1) is 8.91. The second kappa shape index (κ2) is 5.67. The third-order valence-electron chi connectivity index (χ3n) is 2.81. The molecule has 0 aliphatic carbocycles. The first kappa shape index (κ1) is 14.6. The molecule has 0 aliphatic heterocycles. The summed E-state index contributed by atoms with van der Waals surface area (Å²) >= 11 is 6.35. The molecule has 0 radical (unpaired) electrons. The zero-order valence-corrected chi connectivity index (χ0v) is 13.0. The maximum absolute atomic E-state index is 14.0. The van der Waals surface area contributed by atoms with Crippen LogP contribution in [0, 0.1) is 24.4 Å². The average molecular weight is 394 g/mol. The molecule has 2 aromatic carbocycles. The van der Waals surface area contributed by atoms with Crippen molar-refractivity contribution in [2.45, 2.75) is 11.8 Å². The fourth-order valence-electron chi connectivity index (χ4n) is 1.76. The van der Waals surface area contributed by atoms with Gasteiger partial charge in [0.1, 0.15) is 17.5 Å². The molecule has 0 aromatic heterocycles. The molecule has 1 atom stereocenters. The summed E-state index contributed by atoms with van der Waals surface area (Å²) in [4.78, 5) is -0.677. The summed E-state index contributed by atoms with van der Waals surface area (Å²) in [5.74, 6) is -1.79. The van der Waals surface area contributed by atoms with Crippen LogP contribution in [0.1, 0.15) is 21.5 Å². The second-order valence-electron chi connectivity index (χ2n) is 4.13. The summed E-state index contributed by atoms with van der Waals surface area (Å²) in [5.41, 5.74) is 0.812. The lowest BCUT2D eigenvalue weighted by atomic mass is 10.0. The van der Waals surface area contributed by atoms with Crippen molar-refractivity contribution < 1.29 is 13.2 Å². The van der Waals surface area contributed by atoms with Gasteiger partial charge in [0.15, 0.2) is 0 Å². The first-order valence-electron chi connectivity index (χ1n) is 5.45. The van der Waals surface area contributed by atoms with Crippen molar-refractivity contribution in [1.82, 2.24) is 0 Å². The summed E-state index contributed by atoms with van der Waals surface area (Å²) in [6, 6.07) is 6.97. The largest absolute Gasteiger partial charge is 0.207 e. The molecule has 1 unspecified atom stereocenters. The van der Waals surface area contributed by atoms with Crippen molar-refractivity contribution in [2.75, 3.05) is 0 Å². The first-order valence-corrected chi connectivity index (χ1v) is 7.16. The van der Waals surface area contributed by atoms with Gasteiger partial charge in [0.05, 0.1) is 9.30 Å². The quantitative estimate of drug-likeness (QED) is 0.577. The van der Waals surface area contributed by atoms with Crippen LogP contribution < -0.4 is 0 Å². The topological polar surface area (TPSA) is 0 Å². The van der Waals surface area contributed by atoms with E-state index in [0.29, 0.717) is 15.6 Å². The smallest absolute Gasteiger partial charge is 0.142 e. The minimum Gasteiger partial charge on any atom is -0.207 e. The van der Waals surface area contributed by atoms with E-state index in [1.54, 1.807) is 18.2 Å². The van der Waals surface area contributed by atoms with Crippen molar-refractivity contribution in [1.29, 1.82) is 0 Å². The molecule has 100 valence electrons. The maximum Gasteiger partial charge on any atom is 0.142 e. The van der Waals surface area contributed by atoms with Gasteiger partial charge in [-0.15, -0.1) is 0 Å². The van der Waals surface area contributed by atoms with Crippen LogP contribution in [0.25, 0.3) is 0 Å². The molecule has 0 spiro atoms. The molecule has 0 saturated heterocycles. The molecule has 2 rings (SSSR count). The number of alkyl halides is 1. The highest BCUT2D eigenvalue weighted by Crippen LogP contribution is 2.36. The molecular formula is C14H9Br2F3. The van der Waals surface area contributed by atoms with E-state index in [9.17, 15) is 13.2 Å². The Morgan fingerprint density at radius 2 is 1.68 bits per heavy atom. The van der Waals surface area contributed by atoms with E-state index in [1.807, 2.05) is 0 Å². The van der Waals surface area contributed by atoms with Gasteiger partial charge in [0, 0.05) is 17.2 Å². The Labute approximate surface area is 125 Å². The third kappa shape index (κ3) is 2.87. The van der Waals surface area contributed by atoms with Gasteiger partial charge in [-0.2, -0.15) is 0 Å². The zero-order valence-electron chi connectivity index (χ0n) is 9.85. The molecule has 0 nitrogen and oxygen atoms in total. The second-order valence-corrected chi connectivity index (χ2v) is 5.90. The number of rotatable bonds is 2. The summed E-state index contributed by atoms with van der Waals surface area (Å²) in [5, 5.41) is 0. The number of hydrogen-bond acceptors (Lipinski definition) is 0. The van der Waals surface area contributed by atoms with Gasteiger partial charge in [-0.05, 0) is 40.5 Å². The Morgan fingerprint density at radius 1 is 1.00 bits per heavy atom. The SMILES string of the molecule is Cc1cc(C(Br)c2cccc(Br)c2F)c(F)cc1F. The van der Waals surface area contributed by atoms with E-state index in [1.165, 1.54) is 13.0 Å². The predicted molar refractivity (Wildman–Crippen MR) is 76.0 cm³/mol. The molecular weight excluding hydrogens is 385 g/mol. The van der Waals surface area contributed by atoms with Crippen molar-refractivity contribution in [3.05, 3.63) is 68.9 Å². The third-order valence-corrected chi connectivity index (χ3v) is 4.40. The lowest BCUT2D eigenvalue weighted by Crippen LogP contribution is -2.02. The van der Waals surface area contributed by atoms with Crippen molar-refractivity contribution >= 4 is 31.9 Å². The van der Waals surface area contributed by atoms with Crippen LogP contribution in [-0.4, -0.2) is 0 Å². The van der Waals surface area contributed by atoms with Crippen molar-refractivity contribution in [2.24, 2.45) is 0 Å². The van der Waals surface area contributed by atoms with Crippen LogP contribution in [0.4, 0.5) is 13.2 Å². The molecule has 5 heteroatoms. The Kier molecular flexibility index (Phi) is 4.36. The number of hydrogen-bond donors (Lipinski definition) is 0. The molecule has 2 aromatic rings. The van der Waals surface area contributed by atoms with Gasteiger partial charge in [-0.25, -0.2) is 13.2 Å². The Hall–Kier alpha value is -0.810. The summed E-state index contributed by atoms with van der Waals surface area (Å²) in [6.07, 6.45) is 0. The number of halogens is 5. The van der Waals surface area contributed by atoms with Crippen LogP contribution in [0.5, 0.6) is 0 Å². The van der Waals surface area contributed by atoms with E-state index < -0.39 is 22.3 Å². The summed E-state index contributed by atoms with van der Waals surface area (Å²) in [6.45, 7) is 1.54. The van der Waals surface area contributed by atoms with Gasteiger partial charge < -0.3 is 0 Å². The molecule has 0 fully saturated rings. The van der Waals surface area contributed by atoms with Crippen molar-refractivity contribution in [3.63, 3.8) is 0 Å². The van der Waals surface area contributed by atoms with Gasteiger partial charge >= 0.3 is 0 Å². The fourth-order valence-corrected chi connectivity index (χ4v) is 2.84.